The van der Waals surface area contributed by atoms with E-state index in [0.717, 1.165) is 32.4 Å². The lowest BCUT2D eigenvalue weighted by Crippen LogP contribution is -2.40. The number of rotatable bonds is 7. The zero-order valence-electron chi connectivity index (χ0n) is 9.55. The van der Waals surface area contributed by atoms with Crippen molar-refractivity contribution in [2.75, 3.05) is 25.1 Å². The van der Waals surface area contributed by atoms with Gasteiger partial charge >= 0.3 is 0 Å². The van der Waals surface area contributed by atoms with Crippen molar-refractivity contribution in [2.45, 2.75) is 38.1 Å². The molecule has 1 aliphatic heterocycles. The standard InChI is InChI=1S/C11H22N2OS/c1-15-9-4-2-3-7-13-11(14)10-6-5-8-12-10/h10,12H,2-9H2,1H3,(H,13,14)/t10-/m1/s1. The van der Waals surface area contributed by atoms with Crippen LogP contribution in [0, 0.1) is 0 Å². The number of amides is 1. The molecule has 15 heavy (non-hydrogen) atoms. The highest BCUT2D eigenvalue weighted by Crippen LogP contribution is 2.05. The Bertz CT molecular complexity index is 181. The van der Waals surface area contributed by atoms with Gasteiger partial charge in [-0.1, -0.05) is 6.42 Å². The van der Waals surface area contributed by atoms with Crippen molar-refractivity contribution in [3.05, 3.63) is 0 Å². The number of nitrogens with one attached hydrogen (secondary N) is 2. The van der Waals surface area contributed by atoms with Gasteiger partial charge in [0.25, 0.3) is 0 Å². The minimum absolute atomic E-state index is 0.0798. The van der Waals surface area contributed by atoms with Crippen molar-refractivity contribution in [3.63, 3.8) is 0 Å². The molecule has 1 atom stereocenters. The van der Waals surface area contributed by atoms with Gasteiger partial charge in [0.1, 0.15) is 0 Å². The van der Waals surface area contributed by atoms with Gasteiger partial charge in [-0.25, -0.2) is 0 Å². The summed E-state index contributed by atoms with van der Waals surface area (Å²) < 4.78 is 0. The lowest BCUT2D eigenvalue weighted by Gasteiger charge is -2.10. The largest absolute Gasteiger partial charge is 0.355 e. The summed E-state index contributed by atoms with van der Waals surface area (Å²) in [5.74, 6) is 1.43. The van der Waals surface area contributed by atoms with Crippen molar-refractivity contribution in [1.29, 1.82) is 0 Å². The molecular weight excluding hydrogens is 208 g/mol. The summed E-state index contributed by atoms with van der Waals surface area (Å²) in [6.45, 7) is 1.83. The van der Waals surface area contributed by atoms with E-state index in [0.29, 0.717) is 0 Å². The molecule has 88 valence electrons. The third-order valence-electron chi connectivity index (χ3n) is 2.70. The van der Waals surface area contributed by atoms with Gasteiger partial charge in [-0.15, -0.1) is 0 Å². The van der Waals surface area contributed by atoms with Gasteiger partial charge in [0.05, 0.1) is 6.04 Å². The van der Waals surface area contributed by atoms with Gasteiger partial charge in [0, 0.05) is 6.54 Å². The van der Waals surface area contributed by atoms with Crippen molar-refractivity contribution in [2.24, 2.45) is 0 Å². The van der Waals surface area contributed by atoms with E-state index in [1.807, 2.05) is 11.8 Å². The molecule has 0 aromatic heterocycles. The van der Waals surface area contributed by atoms with E-state index >= 15 is 0 Å². The van der Waals surface area contributed by atoms with Crippen LogP contribution in [0.15, 0.2) is 0 Å². The maximum atomic E-state index is 11.6. The summed E-state index contributed by atoms with van der Waals surface area (Å²) >= 11 is 1.89. The summed E-state index contributed by atoms with van der Waals surface area (Å²) in [6.07, 6.45) is 7.86. The van der Waals surface area contributed by atoms with Gasteiger partial charge in [-0.3, -0.25) is 4.79 Å². The Balaban J connectivity index is 1.92. The Kier molecular flexibility index (Phi) is 6.85. The van der Waals surface area contributed by atoms with E-state index in [1.165, 1.54) is 18.6 Å². The van der Waals surface area contributed by atoms with Gasteiger partial charge in [-0.2, -0.15) is 11.8 Å². The summed E-state index contributed by atoms with van der Waals surface area (Å²) in [7, 11) is 0. The average Bonchev–Trinajstić information content (AvgIpc) is 2.76. The maximum Gasteiger partial charge on any atom is 0.237 e. The van der Waals surface area contributed by atoms with Crippen LogP contribution in [0.4, 0.5) is 0 Å². The topological polar surface area (TPSA) is 41.1 Å². The van der Waals surface area contributed by atoms with Crippen LogP contribution < -0.4 is 10.6 Å². The molecule has 1 amide bonds. The smallest absolute Gasteiger partial charge is 0.237 e. The highest BCUT2D eigenvalue weighted by molar-refractivity contribution is 7.98. The van der Waals surface area contributed by atoms with Crippen LogP contribution in [0.3, 0.4) is 0 Å². The molecule has 0 unspecified atom stereocenters. The number of unbranched alkanes of at least 4 members (excludes halogenated alkanes) is 2. The van der Waals surface area contributed by atoms with E-state index in [4.69, 9.17) is 0 Å². The molecule has 1 rings (SSSR count). The van der Waals surface area contributed by atoms with E-state index in [9.17, 15) is 4.79 Å². The van der Waals surface area contributed by atoms with Crippen molar-refractivity contribution in [1.82, 2.24) is 10.6 Å². The Hall–Kier alpha value is -0.220. The molecule has 1 aliphatic rings. The van der Waals surface area contributed by atoms with Crippen LogP contribution in [0.25, 0.3) is 0 Å². The van der Waals surface area contributed by atoms with Gasteiger partial charge in [-0.05, 0) is 44.2 Å². The molecule has 0 bridgehead atoms. The first-order chi connectivity index (χ1) is 7.34. The Morgan fingerprint density at radius 1 is 1.47 bits per heavy atom. The first kappa shape index (κ1) is 12.8. The molecule has 0 spiro atoms. The van der Waals surface area contributed by atoms with Crippen LogP contribution in [0.5, 0.6) is 0 Å². The number of carbonyl (C=O) groups excluding carboxylic acids is 1. The monoisotopic (exact) mass is 230 g/mol. The van der Waals surface area contributed by atoms with Crippen LogP contribution in [0.1, 0.15) is 32.1 Å². The molecule has 3 nitrogen and oxygen atoms in total. The minimum atomic E-state index is 0.0798. The third-order valence-corrected chi connectivity index (χ3v) is 3.40. The second kappa shape index (κ2) is 7.99. The molecule has 0 saturated carbocycles. The Labute approximate surface area is 96.8 Å². The molecular formula is C11H22N2OS. The van der Waals surface area contributed by atoms with Crippen LogP contribution in [0.2, 0.25) is 0 Å². The molecule has 4 heteroatoms. The molecule has 1 saturated heterocycles. The predicted molar refractivity (Wildman–Crippen MR) is 66.3 cm³/mol. The zero-order chi connectivity index (χ0) is 10.9. The average molecular weight is 230 g/mol. The molecule has 0 radical (unpaired) electrons. The summed E-state index contributed by atoms with van der Waals surface area (Å²) in [4.78, 5) is 11.6. The Morgan fingerprint density at radius 3 is 3.00 bits per heavy atom. The van der Waals surface area contributed by atoms with Crippen LogP contribution in [-0.4, -0.2) is 37.0 Å². The molecule has 0 aliphatic carbocycles. The van der Waals surface area contributed by atoms with Crippen molar-refractivity contribution >= 4 is 17.7 Å². The minimum Gasteiger partial charge on any atom is -0.355 e. The van der Waals surface area contributed by atoms with E-state index in [-0.39, 0.29) is 11.9 Å². The molecule has 0 aromatic rings. The van der Waals surface area contributed by atoms with Crippen LogP contribution in [-0.2, 0) is 4.79 Å². The fourth-order valence-electron chi connectivity index (χ4n) is 1.79. The fraction of sp³-hybridized carbons (Fsp3) is 0.909. The van der Waals surface area contributed by atoms with Gasteiger partial charge in [0.15, 0.2) is 0 Å². The van der Waals surface area contributed by atoms with E-state index in [1.54, 1.807) is 0 Å². The second-order valence-corrected chi connectivity index (χ2v) is 4.98. The van der Waals surface area contributed by atoms with E-state index < -0.39 is 0 Å². The SMILES string of the molecule is CSCCCCCNC(=O)[C@H]1CCCN1. The van der Waals surface area contributed by atoms with Crippen molar-refractivity contribution in [3.8, 4) is 0 Å². The summed E-state index contributed by atoms with van der Waals surface area (Å²) in [5.41, 5.74) is 0. The predicted octanol–water partition coefficient (Wildman–Crippen LogP) is 1.39. The molecule has 1 fully saturated rings. The highest BCUT2D eigenvalue weighted by Gasteiger charge is 2.20. The number of hydrogen-bond donors (Lipinski definition) is 2. The maximum absolute atomic E-state index is 11.6. The summed E-state index contributed by atoms with van der Waals surface area (Å²) in [6, 6.07) is 0.0798. The van der Waals surface area contributed by atoms with Crippen LogP contribution >= 0.6 is 11.8 Å². The second-order valence-electron chi connectivity index (χ2n) is 3.99. The normalized spacial score (nSPS) is 20.5. The number of hydrogen-bond acceptors (Lipinski definition) is 3. The number of thioether (sulfide) groups is 1. The fourth-order valence-corrected chi connectivity index (χ4v) is 2.28. The first-order valence-corrected chi connectivity index (χ1v) is 7.24. The Morgan fingerprint density at radius 2 is 2.33 bits per heavy atom. The van der Waals surface area contributed by atoms with Gasteiger partial charge in [0.2, 0.25) is 5.91 Å². The highest BCUT2D eigenvalue weighted by atomic mass is 32.2. The lowest BCUT2D eigenvalue weighted by molar-refractivity contribution is -0.122. The zero-order valence-corrected chi connectivity index (χ0v) is 10.4. The lowest BCUT2D eigenvalue weighted by atomic mass is 10.2. The van der Waals surface area contributed by atoms with E-state index in [2.05, 4.69) is 16.9 Å². The molecule has 1 heterocycles. The summed E-state index contributed by atoms with van der Waals surface area (Å²) in [5, 5.41) is 6.20. The number of carbonyl (C=O) groups is 1. The third kappa shape index (κ3) is 5.42. The quantitative estimate of drug-likeness (QED) is 0.649. The van der Waals surface area contributed by atoms with Gasteiger partial charge < -0.3 is 10.6 Å². The molecule has 2 N–H and O–H groups in total. The first-order valence-electron chi connectivity index (χ1n) is 5.84. The van der Waals surface area contributed by atoms with Crippen molar-refractivity contribution < 1.29 is 4.79 Å². The molecule has 0 aromatic carbocycles.